The summed E-state index contributed by atoms with van der Waals surface area (Å²) in [5, 5.41) is 3.34. The Morgan fingerprint density at radius 1 is 1.80 bits per heavy atom. The molecule has 0 spiro atoms. The smallest absolute Gasteiger partial charge is 0.315 e. The van der Waals surface area contributed by atoms with Crippen LogP contribution in [0.4, 0.5) is 0 Å². The number of carbonyl (C=O) groups is 1. The molecule has 1 rings (SSSR count). The van der Waals surface area contributed by atoms with Gasteiger partial charge < -0.3 is 10.3 Å². The number of amides is 1. The van der Waals surface area contributed by atoms with Gasteiger partial charge in [0.05, 0.1) is 5.88 Å². The van der Waals surface area contributed by atoms with E-state index in [0.717, 1.165) is 0 Å². The van der Waals surface area contributed by atoms with Crippen molar-refractivity contribution in [2.45, 2.75) is 5.88 Å². The highest BCUT2D eigenvalue weighted by atomic mass is 35.5. The minimum absolute atomic E-state index is 0.108. The maximum Gasteiger partial charge on any atom is 0.315 e. The van der Waals surface area contributed by atoms with Crippen molar-refractivity contribution >= 4 is 17.5 Å². The van der Waals surface area contributed by atoms with E-state index in [0.29, 0.717) is 0 Å². The summed E-state index contributed by atoms with van der Waals surface area (Å²) in [6.45, 7) is 0. The predicted octanol–water partition coefficient (Wildman–Crippen LogP) is -0.0927. The fraction of sp³-hybridized carbons (Fsp3) is 0.250. The predicted molar refractivity (Wildman–Crippen MR) is 32.4 cm³/mol. The lowest BCUT2D eigenvalue weighted by molar-refractivity contribution is 0.0958. The number of rotatable bonds is 2. The molecule has 0 saturated heterocycles. The van der Waals surface area contributed by atoms with Crippen LogP contribution in [0.2, 0.25) is 0 Å². The second kappa shape index (κ2) is 2.66. The minimum atomic E-state index is -0.746. The average Bonchev–Trinajstić information content (AvgIpc) is 2.34. The third-order valence-electron chi connectivity index (χ3n) is 0.798. The quantitative estimate of drug-likeness (QED) is 0.615. The van der Waals surface area contributed by atoms with Gasteiger partial charge in [-0.1, -0.05) is 5.16 Å². The number of nitrogens with two attached hydrogens (primary N) is 1. The maximum absolute atomic E-state index is 10.3. The fourth-order valence-electron chi connectivity index (χ4n) is 0.408. The second-order valence-corrected chi connectivity index (χ2v) is 1.78. The van der Waals surface area contributed by atoms with E-state index in [9.17, 15) is 4.79 Å². The largest absolute Gasteiger partial charge is 0.361 e. The van der Waals surface area contributed by atoms with Gasteiger partial charge in [0, 0.05) is 0 Å². The number of primary amides is 1. The summed E-state index contributed by atoms with van der Waals surface area (Å²) in [6.07, 6.45) is 0. The minimum Gasteiger partial charge on any atom is -0.361 e. The molecule has 0 aliphatic heterocycles. The van der Waals surface area contributed by atoms with Crippen LogP contribution >= 0.6 is 11.6 Å². The molecule has 1 aromatic rings. The van der Waals surface area contributed by atoms with Crippen molar-refractivity contribution < 1.29 is 9.32 Å². The lowest BCUT2D eigenvalue weighted by Gasteiger charge is -1.77. The molecular formula is C4H4ClN3O2. The average molecular weight is 162 g/mol. The number of alkyl halides is 1. The lowest BCUT2D eigenvalue weighted by Crippen LogP contribution is -2.11. The number of carbonyl (C=O) groups excluding carboxylic acids is 1. The summed E-state index contributed by atoms with van der Waals surface area (Å²) in [4.78, 5) is 13.9. The fourth-order valence-corrected chi connectivity index (χ4v) is 0.517. The van der Waals surface area contributed by atoms with Gasteiger partial charge in [-0.05, 0) is 0 Å². The van der Waals surface area contributed by atoms with E-state index < -0.39 is 5.91 Å². The molecule has 2 N–H and O–H groups in total. The molecule has 0 aliphatic rings. The molecule has 0 aliphatic carbocycles. The van der Waals surface area contributed by atoms with Crippen LogP contribution < -0.4 is 5.73 Å². The Balaban J connectivity index is 2.88. The van der Waals surface area contributed by atoms with Gasteiger partial charge in [0.1, 0.15) is 0 Å². The van der Waals surface area contributed by atoms with E-state index in [2.05, 4.69) is 14.7 Å². The molecule has 0 saturated carbocycles. The summed E-state index contributed by atoms with van der Waals surface area (Å²) < 4.78 is 4.40. The van der Waals surface area contributed by atoms with Crippen LogP contribution in [0.5, 0.6) is 0 Å². The van der Waals surface area contributed by atoms with Crippen LogP contribution in [0.25, 0.3) is 0 Å². The van der Waals surface area contributed by atoms with E-state index in [4.69, 9.17) is 17.3 Å². The molecule has 1 heterocycles. The highest BCUT2D eigenvalue weighted by molar-refractivity contribution is 6.16. The van der Waals surface area contributed by atoms with Crippen molar-refractivity contribution in [1.29, 1.82) is 0 Å². The molecule has 0 radical (unpaired) electrons. The zero-order valence-corrected chi connectivity index (χ0v) is 5.63. The van der Waals surface area contributed by atoms with Gasteiger partial charge in [0.15, 0.2) is 5.82 Å². The van der Waals surface area contributed by atoms with Crippen molar-refractivity contribution in [3.05, 3.63) is 11.7 Å². The zero-order chi connectivity index (χ0) is 7.56. The van der Waals surface area contributed by atoms with E-state index in [1.54, 1.807) is 0 Å². The Morgan fingerprint density at radius 2 is 2.50 bits per heavy atom. The third kappa shape index (κ3) is 1.24. The Kier molecular flexibility index (Phi) is 1.86. The van der Waals surface area contributed by atoms with Crippen LogP contribution in [-0.4, -0.2) is 16.0 Å². The third-order valence-corrected chi connectivity index (χ3v) is 1.04. The first kappa shape index (κ1) is 7.01. The van der Waals surface area contributed by atoms with E-state index >= 15 is 0 Å². The number of hydrogen-bond acceptors (Lipinski definition) is 4. The van der Waals surface area contributed by atoms with Gasteiger partial charge in [-0.3, -0.25) is 4.79 Å². The van der Waals surface area contributed by atoms with Gasteiger partial charge in [-0.2, -0.15) is 4.98 Å². The van der Waals surface area contributed by atoms with Gasteiger partial charge in [0.2, 0.25) is 0 Å². The van der Waals surface area contributed by atoms with Crippen LogP contribution in [0.3, 0.4) is 0 Å². The van der Waals surface area contributed by atoms with Crippen LogP contribution in [0.1, 0.15) is 16.5 Å². The summed E-state index contributed by atoms with van der Waals surface area (Å²) >= 11 is 5.31. The van der Waals surface area contributed by atoms with Crippen molar-refractivity contribution in [3.63, 3.8) is 0 Å². The van der Waals surface area contributed by atoms with E-state index in [-0.39, 0.29) is 17.6 Å². The van der Waals surface area contributed by atoms with Gasteiger partial charge in [0.25, 0.3) is 0 Å². The first-order chi connectivity index (χ1) is 4.74. The zero-order valence-electron chi connectivity index (χ0n) is 4.87. The van der Waals surface area contributed by atoms with Gasteiger partial charge in [-0.25, -0.2) is 0 Å². The Hall–Kier alpha value is -1.10. The Labute approximate surface area is 61.2 Å². The number of halogens is 1. The molecule has 0 unspecified atom stereocenters. The SMILES string of the molecule is NC(=O)c1nc(CCl)no1. The molecule has 6 heteroatoms. The Bertz CT molecular complexity index is 246. The topological polar surface area (TPSA) is 82.0 Å². The van der Waals surface area contributed by atoms with E-state index in [1.807, 2.05) is 0 Å². The van der Waals surface area contributed by atoms with Crippen LogP contribution in [0, 0.1) is 0 Å². The molecular weight excluding hydrogens is 158 g/mol. The number of aromatic nitrogens is 2. The lowest BCUT2D eigenvalue weighted by atomic mass is 10.6. The number of hydrogen-bond donors (Lipinski definition) is 1. The maximum atomic E-state index is 10.3. The van der Waals surface area contributed by atoms with Crippen LogP contribution in [-0.2, 0) is 5.88 Å². The standard InChI is InChI=1S/C4H4ClN3O2/c5-1-2-7-4(3(6)9)10-8-2/h1H2,(H2,6,9). The van der Waals surface area contributed by atoms with Crippen molar-refractivity contribution in [3.8, 4) is 0 Å². The van der Waals surface area contributed by atoms with Gasteiger partial charge in [-0.15, -0.1) is 11.6 Å². The molecule has 1 amide bonds. The first-order valence-corrected chi connectivity index (χ1v) is 2.96. The summed E-state index contributed by atoms with van der Waals surface area (Å²) in [5.74, 6) is -0.591. The second-order valence-electron chi connectivity index (χ2n) is 1.51. The summed E-state index contributed by atoms with van der Waals surface area (Å²) in [6, 6.07) is 0. The monoisotopic (exact) mass is 161 g/mol. The van der Waals surface area contributed by atoms with Crippen LogP contribution in [0.15, 0.2) is 4.52 Å². The number of nitrogens with zero attached hydrogens (tertiary/aromatic N) is 2. The summed E-state index contributed by atoms with van der Waals surface area (Å²) in [7, 11) is 0. The van der Waals surface area contributed by atoms with E-state index in [1.165, 1.54) is 0 Å². The molecule has 1 aromatic heterocycles. The molecule has 0 bridgehead atoms. The highest BCUT2D eigenvalue weighted by Gasteiger charge is 2.09. The van der Waals surface area contributed by atoms with Crippen molar-refractivity contribution in [2.75, 3.05) is 0 Å². The Morgan fingerprint density at radius 3 is 2.80 bits per heavy atom. The van der Waals surface area contributed by atoms with Gasteiger partial charge >= 0.3 is 11.8 Å². The van der Waals surface area contributed by atoms with Crippen molar-refractivity contribution in [2.24, 2.45) is 5.73 Å². The molecule has 0 fully saturated rings. The van der Waals surface area contributed by atoms with Crippen molar-refractivity contribution in [1.82, 2.24) is 10.1 Å². The first-order valence-electron chi connectivity index (χ1n) is 2.42. The molecule has 0 atom stereocenters. The normalized spacial score (nSPS) is 9.70. The molecule has 0 aromatic carbocycles. The molecule has 54 valence electrons. The molecule has 10 heavy (non-hydrogen) atoms. The summed E-state index contributed by atoms with van der Waals surface area (Å²) in [5.41, 5.74) is 4.80. The highest BCUT2D eigenvalue weighted by Crippen LogP contribution is 1.98. The molecule has 5 nitrogen and oxygen atoms in total.